The van der Waals surface area contributed by atoms with Gasteiger partial charge in [0.05, 0.1) is 44.2 Å². The summed E-state index contributed by atoms with van der Waals surface area (Å²) in [6.07, 6.45) is 7.90. The molecule has 2 aromatic carbocycles. The van der Waals surface area contributed by atoms with E-state index >= 15 is 0 Å². The molecule has 1 saturated heterocycles. The Labute approximate surface area is 275 Å². The van der Waals surface area contributed by atoms with Crippen LogP contribution in [-0.4, -0.2) is 67.8 Å². The van der Waals surface area contributed by atoms with Gasteiger partial charge in [0.15, 0.2) is 11.5 Å². The maximum absolute atomic E-state index is 13.9. The van der Waals surface area contributed by atoms with E-state index in [0.29, 0.717) is 35.4 Å². The van der Waals surface area contributed by atoms with Gasteiger partial charge in [-0.1, -0.05) is 29.3 Å². The molecule has 46 heavy (non-hydrogen) atoms. The molecule has 3 heterocycles. The van der Waals surface area contributed by atoms with Crippen molar-refractivity contribution in [3.8, 4) is 11.5 Å². The summed E-state index contributed by atoms with van der Waals surface area (Å²) in [4.78, 5) is 36.8. The van der Waals surface area contributed by atoms with Gasteiger partial charge in [0.2, 0.25) is 11.8 Å². The largest absolute Gasteiger partial charge is 0.493 e. The lowest BCUT2D eigenvalue weighted by Gasteiger charge is -2.38. The number of benzene rings is 2. The maximum Gasteiger partial charge on any atom is 0.248 e. The third-order valence-corrected chi connectivity index (χ3v) is 9.20. The van der Waals surface area contributed by atoms with Gasteiger partial charge >= 0.3 is 0 Å². The van der Waals surface area contributed by atoms with E-state index in [1.807, 2.05) is 84.1 Å². The third-order valence-electron chi connectivity index (χ3n) is 8.95. The van der Waals surface area contributed by atoms with E-state index in [-0.39, 0.29) is 37.0 Å². The Hall–Kier alpha value is -4.08. The molecule has 9 nitrogen and oxygen atoms in total. The molecule has 1 aromatic heterocycles. The number of rotatable bonds is 8. The van der Waals surface area contributed by atoms with Crippen LogP contribution in [0.15, 0.2) is 66.5 Å². The van der Waals surface area contributed by atoms with Crippen LogP contribution < -0.4 is 19.3 Å². The topological polar surface area (TPSA) is 84.4 Å². The number of hydrogen-bond donors (Lipinski definition) is 0. The number of halogens is 1. The molecule has 3 aromatic rings. The Balaban J connectivity index is 1.25. The van der Waals surface area contributed by atoms with Gasteiger partial charge in [0.25, 0.3) is 0 Å². The molecule has 1 unspecified atom stereocenters. The van der Waals surface area contributed by atoms with Crippen LogP contribution in [0.4, 0.5) is 11.5 Å². The number of pyridine rings is 1. The number of amides is 2. The minimum atomic E-state index is -0.407. The average molecular weight is 645 g/mol. The highest BCUT2D eigenvalue weighted by molar-refractivity contribution is 6.30. The van der Waals surface area contributed by atoms with Crippen LogP contribution in [0.5, 0.6) is 11.5 Å². The maximum atomic E-state index is 13.9. The van der Waals surface area contributed by atoms with E-state index in [0.717, 1.165) is 48.2 Å². The molecule has 3 aliphatic rings. The van der Waals surface area contributed by atoms with Gasteiger partial charge in [-0.3, -0.25) is 14.5 Å². The molecule has 0 radical (unpaired) electrons. The average Bonchev–Trinajstić information content (AvgIpc) is 3.05. The predicted molar refractivity (Wildman–Crippen MR) is 179 cm³/mol. The number of ether oxygens (including phenoxy) is 3. The van der Waals surface area contributed by atoms with Gasteiger partial charge in [-0.2, -0.15) is 0 Å². The van der Waals surface area contributed by atoms with Gasteiger partial charge in [-0.15, -0.1) is 0 Å². The van der Waals surface area contributed by atoms with E-state index in [1.54, 1.807) is 13.3 Å². The second kappa shape index (κ2) is 13.7. The van der Waals surface area contributed by atoms with Gasteiger partial charge in [-0.25, -0.2) is 4.98 Å². The molecule has 10 heteroatoms. The first kappa shape index (κ1) is 31.9. The zero-order valence-electron chi connectivity index (χ0n) is 26.9. The summed E-state index contributed by atoms with van der Waals surface area (Å²) < 4.78 is 17.1. The fourth-order valence-corrected chi connectivity index (χ4v) is 6.85. The first-order valence-corrected chi connectivity index (χ1v) is 16.3. The highest BCUT2D eigenvalue weighted by atomic mass is 35.5. The summed E-state index contributed by atoms with van der Waals surface area (Å²) in [6.45, 7) is 5.45. The number of morpholine rings is 1. The minimum Gasteiger partial charge on any atom is -0.493 e. The van der Waals surface area contributed by atoms with Crippen LogP contribution >= 0.6 is 11.6 Å². The summed E-state index contributed by atoms with van der Waals surface area (Å²) >= 11 is 6.26. The van der Waals surface area contributed by atoms with Crippen LogP contribution in [0.1, 0.15) is 62.3 Å². The molecular weight excluding hydrogens is 604 g/mol. The highest BCUT2D eigenvalue weighted by Crippen LogP contribution is 2.44. The third kappa shape index (κ3) is 6.71. The van der Waals surface area contributed by atoms with Crippen molar-refractivity contribution in [1.29, 1.82) is 0 Å². The number of hydrogen-bond acceptors (Lipinski definition) is 7. The van der Waals surface area contributed by atoms with E-state index in [1.165, 1.54) is 5.57 Å². The van der Waals surface area contributed by atoms with Crippen molar-refractivity contribution in [2.24, 2.45) is 0 Å². The van der Waals surface area contributed by atoms with Gasteiger partial charge in [-0.05, 0) is 92.6 Å². The molecule has 242 valence electrons. The molecule has 0 N–H and O–H groups in total. The van der Waals surface area contributed by atoms with Crippen molar-refractivity contribution in [2.45, 2.75) is 64.1 Å². The first-order valence-electron chi connectivity index (χ1n) is 15.9. The van der Waals surface area contributed by atoms with Crippen molar-refractivity contribution >= 4 is 34.9 Å². The first-order chi connectivity index (χ1) is 22.2. The Morgan fingerprint density at radius 2 is 1.80 bits per heavy atom. The van der Waals surface area contributed by atoms with Crippen LogP contribution in [0.3, 0.4) is 0 Å². The van der Waals surface area contributed by atoms with Gasteiger partial charge in [0.1, 0.15) is 12.4 Å². The standard InChI is InChI=1S/C36H41ClN4O5/c1-23(2)46-32-19-30-26(17-31(32)44-4)18-34(42)41(36(30)25-7-9-27(37)10-8-25)29-13-14-33(38-20-29)39(3)21-24-5-11-28(12-6-24)40-15-16-45-22-35(40)43/h7-10,13-14,17,19-21,23,28,36H,5-6,11-12,15-16,18,22H2,1-4H3. The molecule has 6 rings (SSSR count). The summed E-state index contributed by atoms with van der Waals surface area (Å²) in [5.74, 6) is 2.09. The second-order valence-corrected chi connectivity index (χ2v) is 12.8. The van der Waals surface area contributed by atoms with E-state index < -0.39 is 6.04 Å². The zero-order valence-corrected chi connectivity index (χ0v) is 27.6. The predicted octanol–water partition coefficient (Wildman–Crippen LogP) is 6.33. The molecule has 1 aliphatic carbocycles. The number of methoxy groups -OCH3 is 1. The molecule has 1 saturated carbocycles. The van der Waals surface area contributed by atoms with Crippen molar-refractivity contribution in [3.63, 3.8) is 0 Å². The number of carbonyl (C=O) groups is 2. The normalized spacial score (nSPS) is 20.1. The fraction of sp³-hybridized carbons (Fsp3) is 0.417. The van der Waals surface area contributed by atoms with E-state index in [4.69, 9.17) is 30.8 Å². The highest BCUT2D eigenvalue weighted by Gasteiger charge is 2.36. The number of anilines is 2. The molecular formula is C36H41ClN4O5. The monoisotopic (exact) mass is 644 g/mol. The van der Waals surface area contributed by atoms with Crippen molar-refractivity contribution in [2.75, 3.05) is 43.7 Å². The second-order valence-electron chi connectivity index (χ2n) is 12.4. The molecule has 1 atom stereocenters. The number of fused-ring (bicyclic) bond motifs is 1. The molecule has 2 fully saturated rings. The van der Waals surface area contributed by atoms with Crippen LogP contribution in [0, 0.1) is 0 Å². The number of aromatic nitrogens is 1. The van der Waals surface area contributed by atoms with E-state index in [9.17, 15) is 9.59 Å². The summed E-state index contributed by atoms with van der Waals surface area (Å²) in [5.41, 5.74) is 4.85. The Morgan fingerprint density at radius 1 is 1.04 bits per heavy atom. The summed E-state index contributed by atoms with van der Waals surface area (Å²) in [5, 5.41) is 0.627. The molecule has 0 bridgehead atoms. The Morgan fingerprint density at radius 3 is 2.46 bits per heavy atom. The Kier molecular flexibility index (Phi) is 9.52. The van der Waals surface area contributed by atoms with Crippen molar-refractivity contribution < 1.29 is 23.8 Å². The number of allylic oxidation sites excluding steroid dienone is 1. The van der Waals surface area contributed by atoms with Crippen LogP contribution in [0.2, 0.25) is 5.02 Å². The lowest BCUT2D eigenvalue weighted by Crippen LogP contribution is -2.48. The summed E-state index contributed by atoms with van der Waals surface area (Å²) in [6, 6.07) is 15.3. The number of carbonyl (C=O) groups excluding carboxylic acids is 2. The zero-order chi connectivity index (χ0) is 32.4. The molecule has 2 aliphatic heterocycles. The SMILES string of the molecule is COc1cc2c(cc1OC(C)C)C(c1ccc(Cl)cc1)N(c1ccc(N(C)C=C3CCC(N4CCOCC4=O)CC3)nc1)C(=O)C2. The van der Waals surface area contributed by atoms with Gasteiger partial charge < -0.3 is 24.0 Å². The lowest BCUT2D eigenvalue weighted by molar-refractivity contribution is -0.146. The molecule has 0 spiro atoms. The lowest BCUT2D eigenvalue weighted by atomic mass is 9.87. The van der Waals surface area contributed by atoms with Crippen molar-refractivity contribution in [3.05, 3.63) is 88.2 Å². The van der Waals surface area contributed by atoms with E-state index in [2.05, 4.69) is 6.20 Å². The Bertz CT molecular complexity index is 1600. The summed E-state index contributed by atoms with van der Waals surface area (Å²) in [7, 11) is 3.61. The smallest absolute Gasteiger partial charge is 0.248 e. The quantitative estimate of drug-likeness (QED) is 0.283. The minimum absolute atomic E-state index is 0.0347. The fourth-order valence-electron chi connectivity index (χ4n) is 6.73. The number of nitrogens with zero attached hydrogens (tertiary/aromatic N) is 4. The van der Waals surface area contributed by atoms with Crippen molar-refractivity contribution in [1.82, 2.24) is 9.88 Å². The molecule has 2 amide bonds. The van der Waals surface area contributed by atoms with Gasteiger partial charge in [0, 0.05) is 30.9 Å². The van der Waals surface area contributed by atoms with Crippen LogP contribution in [0.25, 0.3) is 0 Å². The van der Waals surface area contributed by atoms with Crippen LogP contribution in [-0.2, 0) is 20.7 Å².